The lowest BCUT2D eigenvalue weighted by atomic mass is 9.84. The van der Waals surface area contributed by atoms with Crippen molar-refractivity contribution in [2.45, 2.75) is 59.4 Å². The van der Waals surface area contributed by atoms with Crippen molar-refractivity contribution in [3.05, 3.63) is 0 Å². The SMILES string of the molecule is CCC(C)(C)NCCN1CCCC(C)(C)C1. The molecule has 1 aliphatic rings. The molecule has 1 rings (SSSR count). The highest BCUT2D eigenvalue weighted by Gasteiger charge is 2.26. The highest BCUT2D eigenvalue weighted by molar-refractivity contribution is 4.81. The lowest BCUT2D eigenvalue weighted by Gasteiger charge is -2.38. The Hall–Kier alpha value is -0.0800. The van der Waals surface area contributed by atoms with E-state index in [2.05, 4.69) is 44.8 Å². The molecule has 0 saturated carbocycles. The summed E-state index contributed by atoms with van der Waals surface area (Å²) in [6.07, 6.45) is 3.94. The summed E-state index contributed by atoms with van der Waals surface area (Å²) in [5.41, 5.74) is 0.823. The van der Waals surface area contributed by atoms with Gasteiger partial charge in [-0.05, 0) is 45.1 Å². The standard InChI is InChI=1S/C14H30N2/c1-6-14(4,5)15-9-11-16-10-7-8-13(2,3)12-16/h15H,6-12H2,1-5H3. The fourth-order valence-corrected chi connectivity index (χ4v) is 2.41. The van der Waals surface area contributed by atoms with Crippen LogP contribution in [0, 0.1) is 5.41 Å². The number of rotatable bonds is 5. The number of nitrogens with one attached hydrogen (secondary N) is 1. The van der Waals surface area contributed by atoms with Gasteiger partial charge in [-0.2, -0.15) is 0 Å². The van der Waals surface area contributed by atoms with Crippen molar-refractivity contribution < 1.29 is 0 Å². The van der Waals surface area contributed by atoms with Crippen molar-refractivity contribution in [1.82, 2.24) is 10.2 Å². The Labute approximate surface area is 102 Å². The first-order valence-corrected chi connectivity index (χ1v) is 6.82. The van der Waals surface area contributed by atoms with Crippen LogP contribution in [0.1, 0.15) is 53.9 Å². The second-order valence-electron chi connectivity index (χ2n) is 6.71. The van der Waals surface area contributed by atoms with Crippen LogP contribution in [0.4, 0.5) is 0 Å². The lowest BCUT2D eigenvalue weighted by molar-refractivity contribution is 0.116. The maximum absolute atomic E-state index is 3.64. The Morgan fingerprint density at radius 2 is 2.00 bits per heavy atom. The average molecular weight is 226 g/mol. The Morgan fingerprint density at radius 3 is 2.56 bits per heavy atom. The molecule has 0 aliphatic carbocycles. The quantitative estimate of drug-likeness (QED) is 0.775. The Balaban J connectivity index is 2.23. The van der Waals surface area contributed by atoms with E-state index in [1.807, 2.05) is 0 Å². The summed E-state index contributed by atoms with van der Waals surface area (Å²) in [7, 11) is 0. The normalized spacial score (nSPS) is 22.3. The largest absolute Gasteiger partial charge is 0.311 e. The summed E-state index contributed by atoms with van der Waals surface area (Å²) >= 11 is 0. The molecule has 1 saturated heterocycles. The zero-order chi connectivity index (χ0) is 12.2. The second-order valence-corrected chi connectivity index (χ2v) is 6.71. The molecule has 0 aromatic rings. The van der Waals surface area contributed by atoms with Crippen LogP contribution in [-0.2, 0) is 0 Å². The molecule has 1 aliphatic heterocycles. The van der Waals surface area contributed by atoms with E-state index in [1.165, 1.54) is 38.9 Å². The third-order valence-corrected chi connectivity index (χ3v) is 3.90. The molecule has 0 radical (unpaired) electrons. The van der Waals surface area contributed by atoms with Crippen molar-refractivity contribution in [2.75, 3.05) is 26.2 Å². The summed E-state index contributed by atoms with van der Waals surface area (Å²) in [4.78, 5) is 2.61. The first-order chi connectivity index (χ1) is 7.35. The van der Waals surface area contributed by atoms with Crippen molar-refractivity contribution in [3.63, 3.8) is 0 Å². The van der Waals surface area contributed by atoms with Crippen LogP contribution >= 0.6 is 0 Å². The predicted octanol–water partition coefficient (Wildman–Crippen LogP) is 2.89. The summed E-state index contributed by atoms with van der Waals surface area (Å²) in [5, 5.41) is 3.64. The van der Waals surface area contributed by atoms with Crippen LogP contribution in [0.3, 0.4) is 0 Å². The monoisotopic (exact) mass is 226 g/mol. The van der Waals surface area contributed by atoms with Gasteiger partial charge in [-0.15, -0.1) is 0 Å². The van der Waals surface area contributed by atoms with Gasteiger partial charge in [-0.3, -0.25) is 0 Å². The Bertz CT molecular complexity index is 209. The predicted molar refractivity (Wildman–Crippen MR) is 71.8 cm³/mol. The van der Waals surface area contributed by atoms with E-state index in [0.29, 0.717) is 11.0 Å². The van der Waals surface area contributed by atoms with E-state index in [-0.39, 0.29) is 0 Å². The molecule has 1 heterocycles. The molecule has 0 bridgehead atoms. The minimum atomic E-state index is 0.297. The first kappa shape index (κ1) is 14.0. The maximum Gasteiger partial charge on any atom is 0.0123 e. The van der Waals surface area contributed by atoms with Gasteiger partial charge in [0.25, 0.3) is 0 Å². The second kappa shape index (κ2) is 5.50. The molecule has 16 heavy (non-hydrogen) atoms. The first-order valence-electron chi connectivity index (χ1n) is 6.82. The molecule has 2 nitrogen and oxygen atoms in total. The average Bonchev–Trinajstić information content (AvgIpc) is 2.16. The van der Waals surface area contributed by atoms with E-state index in [0.717, 1.165) is 6.54 Å². The highest BCUT2D eigenvalue weighted by Crippen LogP contribution is 2.27. The molecular weight excluding hydrogens is 196 g/mol. The molecular formula is C14H30N2. The van der Waals surface area contributed by atoms with Gasteiger partial charge in [0.1, 0.15) is 0 Å². The number of likely N-dealkylation sites (tertiary alicyclic amines) is 1. The highest BCUT2D eigenvalue weighted by atomic mass is 15.2. The van der Waals surface area contributed by atoms with E-state index >= 15 is 0 Å². The van der Waals surface area contributed by atoms with Gasteiger partial charge in [0, 0.05) is 25.2 Å². The van der Waals surface area contributed by atoms with Crippen LogP contribution in [-0.4, -0.2) is 36.6 Å². The van der Waals surface area contributed by atoms with Gasteiger partial charge in [-0.25, -0.2) is 0 Å². The van der Waals surface area contributed by atoms with Gasteiger partial charge in [0.2, 0.25) is 0 Å². The fourth-order valence-electron chi connectivity index (χ4n) is 2.41. The van der Waals surface area contributed by atoms with E-state index < -0.39 is 0 Å². The molecule has 0 aromatic carbocycles. The summed E-state index contributed by atoms with van der Waals surface area (Å²) < 4.78 is 0. The van der Waals surface area contributed by atoms with Gasteiger partial charge < -0.3 is 10.2 Å². The van der Waals surface area contributed by atoms with Crippen molar-refractivity contribution in [1.29, 1.82) is 0 Å². The molecule has 1 fully saturated rings. The van der Waals surface area contributed by atoms with E-state index in [1.54, 1.807) is 0 Å². The van der Waals surface area contributed by atoms with Gasteiger partial charge in [0.15, 0.2) is 0 Å². The zero-order valence-electron chi connectivity index (χ0n) is 11.9. The van der Waals surface area contributed by atoms with E-state index in [9.17, 15) is 0 Å². The van der Waals surface area contributed by atoms with Gasteiger partial charge >= 0.3 is 0 Å². The number of hydrogen-bond acceptors (Lipinski definition) is 2. The smallest absolute Gasteiger partial charge is 0.0123 e. The van der Waals surface area contributed by atoms with Crippen LogP contribution in [0.15, 0.2) is 0 Å². The fraction of sp³-hybridized carbons (Fsp3) is 1.00. The topological polar surface area (TPSA) is 15.3 Å². The third kappa shape index (κ3) is 4.84. The van der Waals surface area contributed by atoms with Gasteiger partial charge in [-0.1, -0.05) is 20.8 Å². The molecule has 96 valence electrons. The molecule has 0 amide bonds. The summed E-state index contributed by atoms with van der Waals surface area (Å²) in [6.45, 7) is 16.5. The Kier molecular flexibility index (Phi) is 4.81. The third-order valence-electron chi connectivity index (χ3n) is 3.90. The van der Waals surface area contributed by atoms with Crippen molar-refractivity contribution >= 4 is 0 Å². The zero-order valence-corrected chi connectivity index (χ0v) is 11.9. The van der Waals surface area contributed by atoms with Crippen LogP contribution < -0.4 is 5.32 Å². The summed E-state index contributed by atoms with van der Waals surface area (Å²) in [6, 6.07) is 0. The van der Waals surface area contributed by atoms with Crippen LogP contribution in [0.25, 0.3) is 0 Å². The van der Waals surface area contributed by atoms with E-state index in [4.69, 9.17) is 0 Å². The molecule has 0 spiro atoms. The van der Waals surface area contributed by atoms with Crippen molar-refractivity contribution in [3.8, 4) is 0 Å². The maximum atomic E-state index is 3.64. The minimum absolute atomic E-state index is 0.297. The van der Waals surface area contributed by atoms with Crippen molar-refractivity contribution in [2.24, 2.45) is 5.41 Å². The number of piperidine rings is 1. The molecule has 0 unspecified atom stereocenters. The minimum Gasteiger partial charge on any atom is -0.311 e. The van der Waals surface area contributed by atoms with Crippen LogP contribution in [0.5, 0.6) is 0 Å². The molecule has 0 aromatic heterocycles. The van der Waals surface area contributed by atoms with Crippen LogP contribution in [0.2, 0.25) is 0 Å². The molecule has 0 atom stereocenters. The molecule has 1 N–H and O–H groups in total. The molecule has 2 heteroatoms. The van der Waals surface area contributed by atoms with Gasteiger partial charge in [0.05, 0.1) is 0 Å². The number of nitrogens with zero attached hydrogens (tertiary/aromatic N) is 1. The Morgan fingerprint density at radius 1 is 1.31 bits per heavy atom. The summed E-state index contributed by atoms with van der Waals surface area (Å²) in [5.74, 6) is 0. The lowest BCUT2D eigenvalue weighted by Crippen LogP contribution is -2.46. The number of hydrogen-bond donors (Lipinski definition) is 1.